The van der Waals surface area contributed by atoms with Crippen molar-refractivity contribution in [3.05, 3.63) is 7.68 Å². The van der Waals surface area contributed by atoms with Crippen LogP contribution in [0.1, 0.15) is 0 Å². The van der Waals surface area contributed by atoms with Crippen molar-refractivity contribution >= 4 is 36.8 Å². The van der Waals surface area contributed by atoms with Gasteiger partial charge in [-0.2, -0.15) is 0 Å². The van der Waals surface area contributed by atoms with Crippen molar-refractivity contribution in [2.24, 2.45) is 0 Å². The van der Waals surface area contributed by atoms with Crippen LogP contribution in [0.3, 0.4) is 0 Å². The molecule has 0 aliphatic rings. The van der Waals surface area contributed by atoms with Crippen LogP contribution in [0.2, 0.25) is 29.6 Å². The van der Waals surface area contributed by atoms with Crippen molar-refractivity contribution in [3.8, 4) is 0 Å². The van der Waals surface area contributed by atoms with E-state index in [1.165, 1.54) is 0 Å². The fourth-order valence-electron chi connectivity index (χ4n) is 1.90. The van der Waals surface area contributed by atoms with Gasteiger partial charge < -0.3 is 0 Å². The second-order valence-electron chi connectivity index (χ2n) is 5.57. The van der Waals surface area contributed by atoms with Crippen LogP contribution in [-0.2, 0) is 4.74 Å². The average molecular weight is 398 g/mol. The van der Waals surface area contributed by atoms with Crippen molar-refractivity contribution < 1.29 is 4.74 Å². The minimum atomic E-state index is -1.81. The molecule has 78 valence electrons. The summed E-state index contributed by atoms with van der Waals surface area (Å²) in [6.45, 7) is 0.817. The van der Waals surface area contributed by atoms with Crippen LogP contribution < -0.4 is 0 Å². The first kappa shape index (κ1) is 14.3. The first-order valence-corrected chi connectivity index (χ1v) is 24.9. The van der Waals surface area contributed by atoms with Gasteiger partial charge in [0.2, 0.25) is 0 Å². The number of hydrogen-bond donors (Lipinski definition) is 0. The molecule has 0 aliphatic carbocycles. The Kier molecular flexibility index (Phi) is 5.94. The molecule has 0 N–H and O–H groups in total. The Bertz CT molecular complexity index is 168. The number of ether oxygens (including phenoxy) is 1. The van der Waals surface area contributed by atoms with Crippen LogP contribution in [0.25, 0.3) is 0 Å². The Morgan fingerprint density at radius 1 is 1.00 bits per heavy atom. The summed E-state index contributed by atoms with van der Waals surface area (Å²) in [5.74, 6) is 0. The molecule has 0 saturated carbocycles. The van der Waals surface area contributed by atoms with E-state index in [0.29, 0.717) is 0 Å². The SMILES string of the molecule is COCC=[C]([Sn]([CH3])([CH3])[CH3])[Sn]([CH3])([CH3])[CH3]. The Labute approximate surface area is 91.7 Å². The van der Waals surface area contributed by atoms with Crippen molar-refractivity contribution in [2.75, 3.05) is 13.7 Å². The van der Waals surface area contributed by atoms with Gasteiger partial charge in [0.15, 0.2) is 0 Å². The van der Waals surface area contributed by atoms with E-state index in [4.69, 9.17) is 4.74 Å². The van der Waals surface area contributed by atoms with Crippen LogP contribution in [0.4, 0.5) is 0 Å². The molecule has 0 radical (unpaired) electrons. The summed E-state index contributed by atoms with van der Waals surface area (Å²) in [4.78, 5) is 15.1. The van der Waals surface area contributed by atoms with E-state index in [1.807, 2.05) is 1.60 Å². The molecule has 3 heteroatoms. The molecule has 0 saturated heterocycles. The molecule has 0 atom stereocenters. The third-order valence-electron chi connectivity index (χ3n) is 2.07. The van der Waals surface area contributed by atoms with Gasteiger partial charge in [-0.3, -0.25) is 0 Å². The van der Waals surface area contributed by atoms with Crippen molar-refractivity contribution in [1.29, 1.82) is 0 Å². The van der Waals surface area contributed by atoms with E-state index in [9.17, 15) is 0 Å². The van der Waals surface area contributed by atoms with Crippen molar-refractivity contribution in [2.45, 2.75) is 29.6 Å². The molecule has 0 aromatic heterocycles. The summed E-state index contributed by atoms with van der Waals surface area (Å²) >= 11 is -3.61. The molecule has 0 heterocycles. The molecule has 0 unspecified atom stereocenters. The molecule has 13 heavy (non-hydrogen) atoms. The summed E-state index contributed by atoms with van der Waals surface area (Å²) in [6.07, 6.45) is 2.40. The number of hydrogen-bond acceptors (Lipinski definition) is 1. The fourth-order valence-corrected chi connectivity index (χ4v) is 55.4. The number of rotatable bonds is 4. The zero-order valence-corrected chi connectivity index (χ0v) is 15.9. The third kappa shape index (κ3) is 5.67. The standard InChI is InChI=1S/C4H6O.6CH3.2Sn/c1-3-4-5-2;;;;;;;;/h3H,4H2,2H3;6*1H3;;. The van der Waals surface area contributed by atoms with Gasteiger partial charge in [-0.1, -0.05) is 0 Å². The fraction of sp³-hybridized carbons (Fsp3) is 0.800. The molecular formula is C10H24OSn2. The summed E-state index contributed by atoms with van der Waals surface area (Å²) in [5.41, 5.74) is 0. The van der Waals surface area contributed by atoms with Crippen LogP contribution in [-0.4, -0.2) is 50.5 Å². The second kappa shape index (κ2) is 5.40. The van der Waals surface area contributed by atoms with Gasteiger partial charge in [0, 0.05) is 0 Å². The minimum absolute atomic E-state index is 0.817. The first-order chi connectivity index (χ1) is 5.69. The molecule has 0 rings (SSSR count). The zero-order chi connectivity index (χ0) is 10.7. The molecule has 0 aromatic rings. The Hall–Kier alpha value is 1.30. The summed E-state index contributed by atoms with van der Waals surface area (Å²) in [7, 11) is 1.78. The molecule has 0 spiro atoms. The van der Waals surface area contributed by atoms with Gasteiger partial charge in [0.1, 0.15) is 0 Å². The van der Waals surface area contributed by atoms with Crippen molar-refractivity contribution in [3.63, 3.8) is 0 Å². The topological polar surface area (TPSA) is 9.23 Å². The predicted octanol–water partition coefficient (Wildman–Crippen LogP) is 3.31. The van der Waals surface area contributed by atoms with Gasteiger partial charge >= 0.3 is 92.5 Å². The molecular weight excluding hydrogens is 374 g/mol. The van der Waals surface area contributed by atoms with Gasteiger partial charge in [-0.25, -0.2) is 0 Å². The first-order valence-electron chi connectivity index (χ1n) is 4.89. The van der Waals surface area contributed by atoms with E-state index in [2.05, 4.69) is 35.7 Å². The second-order valence-corrected chi connectivity index (χ2v) is 38.4. The molecule has 0 aliphatic heterocycles. The molecule has 0 bridgehead atoms. The maximum atomic E-state index is 5.15. The van der Waals surface area contributed by atoms with Crippen molar-refractivity contribution in [1.82, 2.24) is 0 Å². The van der Waals surface area contributed by atoms with Crippen LogP contribution in [0, 0.1) is 0 Å². The van der Waals surface area contributed by atoms with E-state index in [-0.39, 0.29) is 0 Å². The van der Waals surface area contributed by atoms with Crippen LogP contribution in [0.5, 0.6) is 0 Å². The Morgan fingerprint density at radius 2 is 1.38 bits per heavy atom. The summed E-state index contributed by atoms with van der Waals surface area (Å²) in [5, 5.41) is 0. The van der Waals surface area contributed by atoms with E-state index >= 15 is 0 Å². The predicted molar refractivity (Wildman–Crippen MR) is 66.7 cm³/mol. The average Bonchev–Trinajstić information content (AvgIpc) is 1.81. The molecule has 1 nitrogen and oxygen atoms in total. The zero-order valence-electron chi connectivity index (χ0n) is 10.2. The molecule has 0 amide bonds. The third-order valence-corrected chi connectivity index (χ3v) is 41.2. The quantitative estimate of drug-likeness (QED) is 0.661. The van der Waals surface area contributed by atoms with Crippen LogP contribution >= 0.6 is 0 Å². The van der Waals surface area contributed by atoms with E-state index < -0.39 is 36.8 Å². The monoisotopic (exact) mass is 400 g/mol. The van der Waals surface area contributed by atoms with Gasteiger partial charge in [-0.15, -0.1) is 0 Å². The van der Waals surface area contributed by atoms with Crippen LogP contribution in [0.15, 0.2) is 7.68 Å². The van der Waals surface area contributed by atoms with Gasteiger partial charge in [0.25, 0.3) is 0 Å². The Morgan fingerprint density at radius 3 is 1.62 bits per heavy atom. The van der Waals surface area contributed by atoms with Gasteiger partial charge in [0.05, 0.1) is 0 Å². The summed E-state index contributed by atoms with van der Waals surface area (Å²) in [6, 6.07) is 0. The molecule has 0 aromatic carbocycles. The van der Waals surface area contributed by atoms with E-state index in [0.717, 1.165) is 6.61 Å². The van der Waals surface area contributed by atoms with E-state index in [1.54, 1.807) is 7.11 Å². The molecule has 0 fully saturated rings. The summed E-state index contributed by atoms with van der Waals surface area (Å²) < 4.78 is 7.03. The maximum absolute atomic E-state index is 5.15. The number of methoxy groups -OCH3 is 1. The normalized spacial score (nSPS) is 12.8. The van der Waals surface area contributed by atoms with Gasteiger partial charge in [-0.05, 0) is 0 Å². The Balaban J connectivity index is 4.78.